The van der Waals surface area contributed by atoms with Crippen LogP contribution < -0.4 is 5.56 Å². The first-order chi connectivity index (χ1) is 9.66. The van der Waals surface area contributed by atoms with Crippen LogP contribution in [0.5, 0.6) is 0 Å². The van der Waals surface area contributed by atoms with Gasteiger partial charge in [0.2, 0.25) is 0 Å². The van der Waals surface area contributed by atoms with Crippen molar-refractivity contribution < 1.29 is 9.53 Å². The van der Waals surface area contributed by atoms with Gasteiger partial charge in [0.05, 0.1) is 5.56 Å². The topological polar surface area (TPSA) is 48.3 Å². The molecule has 4 nitrogen and oxygen atoms in total. The van der Waals surface area contributed by atoms with Gasteiger partial charge in [-0.15, -0.1) is 0 Å². The molecule has 2 aromatic rings. The van der Waals surface area contributed by atoms with Crippen molar-refractivity contribution in [3.8, 4) is 0 Å². The molecule has 0 radical (unpaired) electrons. The normalized spacial score (nSPS) is 10.7. The quantitative estimate of drug-likeness (QED) is 0.800. The minimum Gasteiger partial charge on any atom is -0.458 e. The lowest BCUT2D eigenvalue weighted by Crippen LogP contribution is -2.17. The molecule has 1 aromatic heterocycles. The number of hydrogen-bond donors (Lipinski definition) is 0. The Labute approximate surface area is 116 Å². The van der Waals surface area contributed by atoms with E-state index in [1.54, 1.807) is 25.4 Å². The zero-order valence-corrected chi connectivity index (χ0v) is 11.2. The molecule has 102 valence electrons. The Kier molecular flexibility index (Phi) is 4.50. The molecule has 0 atom stereocenters. The largest absolute Gasteiger partial charge is 0.458 e. The van der Waals surface area contributed by atoms with Gasteiger partial charge < -0.3 is 9.30 Å². The van der Waals surface area contributed by atoms with E-state index in [1.807, 2.05) is 36.4 Å². The Balaban J connectivity index is 1.91. The highest BCUT2D eigenvalue weighted by Gasteiger charge is 2.06. The predicted molar refractivity (Wildman–Crippen MR) is 77.4 cm³/mol. The van der Waals surface area contributed by atoms with Crippen LogP contribution >= 0.6 is 0 Å². The fourth-order valence-corrected chi connectivity index (χ4v) is 1.63. The Bertz CT molecular complexity index is 672. The van der Waals surface area contributed by atoms with Crippen molar-refractivity contribution in [3.63, 3.8) is 0 Å². The van der Waals surface area contributed by atoms with Crippen molar-refractivity contribution in [2.75, 3.05) is 6.61 Å². The summed E-state index contributed by atoms with van der Waals surface area (Å²) in [7, 11) is 1.63. The summed E-state index contributed by atoms with van der Waals surface area (Å²) in [6.45, 7) is 0.170. The van der Waals surface area contributed by atoms with Gasteiger partial charge in [-0.3, -0.25) is 4.79 Å². The molecule has 0 amide bonds. The van der Waals surface area contributed by atoms with Crippen molar-refractivity contribution in [3.05, 3.63) is 76.2 Å². The van der Waals surface area contributed by atoms with Crippen LogP contribution in [0.1, 0.15) is 15.9 Å². The molecule has 0 bridgehead atoms. The van der Waals surface area contributed by atoms with Crippen molar-refractivity contribution in [1.82, 2.24) is 4.57 Å². The highest BCUT2D eigenvalue weighted by atomic mass is 16.5. The van der Waals surface area contributed by atoms with E-state index in [0.29, 0.717) is 0 Å². The van der Waals surface area contributed by atoms with E-state index in [0.717, 1.165) is 5.56 Å². The smallest absolute Gasteiger partial charge is 0.338 e. The second-order valence-corrected chi connectivity index (χ2v) is 4.28. The lowest BCUT2D eigenvalue weighted by molar-refractivity contribution is 0.0549. The summed E-state index contributed by atoms with van der Waals surface area (Å²) in [5, 5.41) is 0. The van der Waals surface area contributed by atoms with Crippen LogP contribution in [-0.2, 0) is 11.8 Å². The van der Waals surface area contributed by atoms with Gasteiger partial charge in [0.15, 0.2) is 0 Å². The lowest BCUT2D eigenvalue weighted by Gasteiger charge is -2.02. The second-order valence-electron chi connectivity index (χ2n) is 4.28. The lowest BCUT2D eigenvalue weighted by atomic mass is 10.2. The third-order valence-electron chi connectivity index (χ3n) is 2.76. The van der Waals surface area contributed by atoms with Crippen LogP contribution in [0.15, 0.2) is 59.5 Å². The number of benzene rings is 1. The number of rotatable bonds is 4. The summed E-state index contributed by atoms with van der Waals surface area (Å²) in [6, 6.07) is 12.6. The Hall–Kier alpha value is -2.62. The summed E-state index contributed by atoms with van der Waals surface area (Å²) >= 11 is 0. The van der Waals surface area contributed by atoms with E-state index in [1.165, 1.54) is 10.6 Å². The Morgan fingerprint density at radius 2 is 2.00 bits per heavy atom. The fraction of sp³-hybridized carbons (Fsp3) is 0.125. The van der Waals surface area contributed by atoms with Crippen molar-refractivity contribution in [2.45, 2.75) is 0 Å². The molecule has 0 unspecified atom stereocenters. The molecule has 0 saturated carbocycles. The first-order valence-electron chi connectivity index (χ1n) is 6.22. The number of carbonyl (C=O) groups is 1. The molecular weight excluding hydrogens is 254 g/mol. The van der Waals surface area contributed by atoms with Crippen LogP contribution in [0, 0.1) is 0 Å². The standard InChI is InChI=1S/C16H15NO3/c1-17-10-9-14(12-15(17)18)16(19)20-11-5-8-13-6-3-2-4-7-13/h2-10,12H,11H2,1H3/b8-5+. The average molecular weight is 269 g/mol. The molecule has 0 aliphatic rings. The maximum Gasteiger partial charge on any atom is 0.338 e. The molecule has 1 heterocycles. The second kappa shape index (κ2) is 6.52. The minimum absolute atomic E-state index is 0.170. The zero-order valence-electron chi connectivity index (χ0n) is 11.2. The number of ether oxygens (including phenoxy) is 1. The van der Waals surface area contributed by atoms with Crippen LogP contribution in [0.4, 0.5) is 0 Å². The molecule has 4 heteroatoms. The molecule has 1 aromatic carbocycles. The van der Waals surface area contributed by atoms with Gasteiger partial charge in [-0.2, -0.15) is 0 Å². The number of pyridine rings is 1. The van der Waals surface area contributed by atoms with E-state index in [4.69, 9.17) is 4.74 Å². The van der Waals surface area contributed by atoms with Gasteiger partial charge in [-0.25, -0.2) is 4.79 Å². The van der Waals surface area contributed by atoms with Crippen molar-refractivity contribution in [2.24, 2.45) is 7.05 Å². The first kappa shape index (κ1) is 13.8. The van der Waals surface area contributed by atoms with Gasteiger partial charge in [0.1, 0.15) is 6.61 Å². The van der Waals surface area contributed by atoms with E-state index >= 15 is 0 Å². The fourth-order valence-electron chi connectivity index (χ4n) is 1.63. The van der Waals surface area contributed by atoms with E-state index in [2.05, 4.69) is 0 Å². The van der Waals surface area contributed by atoms with Crippen LogP contribution in [0.2, 0.25) is 0 Å². The average Bonchev–Trinajstić information content (AvgIpc) is 2.47. The van der Waals surface area contributed by atoms with Crippen molar-refractivity contribution in [1.29, 1.82) is 0 Å². The van der Waals surface area contributed by atoms with Crippen LogP contribution in [0.25, 0.3) is 6.08 Å². The molecule has 0 aliphatic carbocycles. The highest BCUT2D eigenvalue weighted by Crippen LogP contribution is 2.02. The highest BCUT2D eigenvalue weighted by molar-refractivity contribution is 5.89. The van der Waals surface area contributed by atoms with E-state index in [-0.39, 0.29) is 17.7 Å². The number of hydrogen-bond acceptors (Lipinski definition) is 3. The molecule has 0 saturated heterocycles. The summed E-state index contributed by atoms with van der Waals surface area (Å²) < 4.78 is 6.47. The Morgan fingerprint density at radius 3 is 2.70 bits per heavy atom. The number of aromatic nitrogens is 1. The Morgan fingerprint density at radius 1 is 1.25 bits per heavy atom. The van der Waals surface area contributed by atoms with Gasteiger partial charge in [-0.1, -0.05) is 36.4 Å². The number of carbonyl (C=O) groups excluding carboxylic acids is 1. The molecule has 0 fully saturated rings. The maximum atomic E-state index is 11.7. The maximum absolute atomic E-state index is 11.7. The number of aryl methyl sites for hydroxylation is 1. The van der Waals surface area contributed by atoms with E-state index in [9.17, 15) is 9.59 Å². The summed E-state index contributed by atoms with van der Waals surface area (Å²) in [5.74, 6) is -0.500. The summed E-state index contributed by atoms with van der Waals surface area (Å²) in [5.41, 5.74) is 1.07. The minimum atomic E-state index is -0.500. The molecular formula is C16H15NO3. The SMILES string of the molecule is Cn1ccc(C(=O)OC/C=C/c2ccccc2)cc1=O. The van der Waals surface area contributed by atoms with Gasteiger partial charge >= 0.3 is 5.97 Å². The number of nitrogens with zero attached hydrogens (tertiary/aromatic N) is 1. The van der Waals surface area contributed by atoms with Gasteiger partial charge in [-0.05, 0) is 17.7 Å². The molecule has 2 rings (SSSR count). The molecule has 20 heavy (non-hydrogen) atoms. The summed E-state index contributed by atoms with van der Waals surface area (Å²) in [4.78, 5) is 23.1. The predicted octanol–water partition coefficient (Wildman–Crippen LogP) is 2.26. The van der Waals surface area contributed by atoms with Crippen LogP contribution in [-0.4, -0.2) is 17.1 Å². The molecule has 0 spiro atoms. The third-order valence-corrected chi connectivity index (χ3v) is 2.76. The van der Waals surface area contributed by atoms with Crippen molar-refractivity contribution >= 4 is 12.0 Å². The van der Waals surface area contributed by atoms with Gasteiger partial charge in [0.25, 0.3) is 5.56 Å². The van der Waals surface area contributed by atoms with E-state index < -0.39 is 5.97 Å². The first-order valence-corrected chi connectivity index (χ1v) is 6.22. The molecule has 0 N–H and O–H groups in total. The molecule has 0 aliphatic heterocycles. The number of esters is 1. The monoisotopic (exact) mass is 269 g/mol. The summed E-state index contributed by atoms with van der Waals surface area (Å²) in [6.07, 6.45) is 5.17. The van der Waals surface area contributed by atoms with Gasteiger partial charge in [0, 0.05) is 19.3 Å². The zero-order chi connectivity index (χ0) is 14.4. The van der Waals surface area contributed by atoms with Crippen LogP contribution in [0.3, 0.4) is 0 Å². The third kappa shape index (κ3) is 3.68.